The van der Waals surface area contributed by atoms with Crippen LogP contribution in [0.15, 0.2) is 59.6 Å². The van der Waals surface area contributed by atoms with Gasteiger partial charge >= 0.3 is 0 Å². The number of fused-ring (bicyclic) bond motifs is 1. The van der Waals surface area contributed by atoms with E-state index in [0.717, 1.165) is 23.1 Å². The lowest BCUT2D eigenvalue weighted by atomic mass is 10.1. The summed E-state index contributed by atoms with van der Waals surface area (Å²) in [5.74, 6) is 0.331. The van der Waals surface area contributed by atoms with Crippen LogP contribution >= 0.6 is 0 Å². The lowest BCUT2D eigenvalue weighted by molar-refractivity contribution is -0.121. The first-order chi connectivity index (χ1) is 13.8. The molecule has 0 aliphatic rings. The van der Waals surface area contributed by atoms with Crippen molar-refractivity contribution < 1.29 is 13.2 Å². The molecule has 5 nitrogen and oxygen atoms in total. The zero-order chi connectivity index (χ0) is 21.0. The number of sulfone groups is 1. The summed E-state index contributed by atoms with van der Waals surface area (Å²) < 4.78 is 28.0. The van der Waals surface area contributed by atoms with Gasteiger partial charge in [0.2, 0.25) is 5.91 Å². The molecule has 0 aliphatic heterocycles. The van der Waals surface area contributed by atoms with Crippen molar-refractivity contribution in [3.05, 3.63) is 65.9 Å². The van der Waals surface area contributed by atoms with Crippen LogP contribution < -0.4 is 5.32 Å². The first-order valence-electron chi connectivity index (χ1n) is 9.89. The third kappa shape index (κ3) is 5.26. The Bertz CT molecular complexity index is 1100. The van der Waals surface area contributed by atoms with Crippen LogP contribution in [0.3, 0.4) is 0 Å². The minimum Gasteiger partial charge on any atom is -0.355 e. The van der Waals surface area contributed by atoms with Gasteiger partial charge in [0.05, 0.1) is 10.6 Å². The number of nitrogens with zero attached hydrogens (tertiary/aromatic N) is 1. The average molecular weight is 413 g/mol. The number of carbonyl (C=O) groups is 1. The molecule has 0 unspecified atom stereocenters. The summed E-state index contributed by atoms with van der Waals surface area (Å²) >= 11 is 0. The molecule has 1 amide bonds. The zero-order valence-electron chi connectivity index (χ0n) is 17.2. The topological polar surface area (TPSA) is 68.2 Å². The van der Waals surface area contributed by atoms with E-state index in [2.05, 4.69) is 19.2 Å². The Hall–Kier alpha value is -2.60. The van der Waals surface area contributed by atoms with Crippen molar-refractivity contribution >= 4 is 26.6 Å². The van der Waals surface area contributed by atoms with Crippen LogP contribution in [0.2, 0.25) is 0 Å². The van der Waals surface area contributed by atoms with Crippen molar-refractivity contribution in [1.82, 2.24) is 9.88 Å². The Morgan fingerprint density at radius 2 is 1.76 bits per heavy atom. The summed E-state index contributed by atoms with van der Waals surface area (Å²) in [4.78, 5) is 12.6. The fourth-order valence-electron chi connectivity index (χ4n) is 3.28. The van der Waals surface area contributed by atoms with E-state index in [1.165, 1.54) is 0 Å². The van der Waals surface area contributed by atoms with Crippen LogP contribution in [0.1, 0.15) is 31.4 Å². The number of aryl methyl sites for hydroxylation is 1. The van der Waals surface area contributed by atoms with Crippen molar-refractivity contribution in [3.63, 3.8) is 0 Å². The van der Waals surface area contributed by atoms with Gasteiger partial charge in [-0.3, -0.25) is 4.79 Å². The predicted octanol–water partition coefficient (Wildman–Crippen LogP) is 4.09. The fourth-order valence-corrected chi connectivity index (χ4v) is 4.87. The van der Waals surface area contributed by atoms with Gasteiger partial charge in [-0.05, 0) is 30.9 Å². The summed E-state index contributed by atoms with van der Waals surface area (Å²) in [6.45, 7) is 6.90. The van der Waals surface area contributed by atoms with Crippen LogP contribution in [0, 0.1) is 12.8 Å². The SMILES string of the molecule is Cc1ccc(CS(=O)(=O)c2cn(CC(=O)NCCC(C)C)c3ccccc23)cc1. The lowest BCUT2D eigenvalue weighted by Crippen LogP contribution is -2.28. The summed E-state index contributed by atoms with van der Waals surface area (Å²) in [5.41, 5.74) is 2.58. The van der Waals surface area contributed by atoms with Gasteiger partial charge in [0.1, 0.15) is 6.54 Å². The zero-order valence-corrected chi connectivity index (χ0v) is 18.0. The molecule has 154 valence electrons. The van der Waals surface area contributed by atoms with Crippen LogP contribution in [0.5, 0.6) is 0 Å². The van der Waals surface area contributed by atoms with Crippen molar-refractivity contribution in [2.45, 2.75) is 44.4 Å². The second-order valence-electron chi connectivity index (χ2n) is 7.92. The van der Waals surface area contributed by atoms with E-state index >= 15 is 0 Å². The molecule has 2 aromatic carbocycles. The molecule has 0 saturated carbocycles. The third-order valence-corrected chi connectivity index (χ3v) is 6.63. The summed E-state index contributed by atoms with van der Waals surface area (Å²) in [6, 6.07) is 14.8. The van der Waals surface area contributed by atoms with Crippen molar-refractivity contribution in [1.29, 1.82) is 0 Å². The molecule has 1 aromatic heterocycles. The summed E-state index contributed by atoms with van der Waals surface area (Å²) in [5, 5.41) is 3.56. The number of carbonyl (C=O) groups excluding carboxylic acids is 1. The largest absolute Gasteiger partial charge is 0.355 e. The Morgan fingerprint density at radius 1 is 1.07 bits per heavy atom. The molecular weight excluding hydrogens is 384 g/mol. The number of hydrogen-bond donors (Lipinski definition) is 1. The monoisotopic (exact) mass is 412 g/mol. The molecule has 0 spiro atoms. The van der Waals surface area contributed by atoms with Crippen molar-refractivity contribution in [2.75, 3.05) is 6.54 Å². The van der Waals surface area contributed by atoms with Crippen LogP contribution in [0.25, 0.3) is 10.9 Å². The van der Waals surface area contributed by atoms with E-state index in [-0.39, 0.29) is 23.1 Å². The average Bonchev–Trinajstić information content (AvgIpc) is 3.03. The smallest absolute Gasteiger partial charge is 0.239 e. The van der Waals surface area contributed by atoms with Gasteiger partial charge in [0.25, 0.3) is 0 Å². The Morgan fingerprint density at radius 3 is 2.45 bits per heavy atom. The number of para-hydroxylation sites is 1. The maximum absolute atomic E-state index is 13.1. The quantitative estimate of drug-likeness (QED) is 0.606. The van der Waals surface area contributed by atoms with Crippen LogP contribution in [-0.4, -0.2) is 25.4 Å². The third-order valence-electron chi connectivity index (χ3n) is 4.92. The number of rotatable bonds is 8. The molecule has 3 aromatic rings. The molecule has 29 heavy (non-hydrogen) atoms. The minimum atomic E-state index is -3.55. The first kappa shape index (κ1) is 21.1. The molecule has 0 radical (unpaired) electrons. The van der Waals surface area contributed by atoms with E-state index in [1.54, 1.807) is 16.8 Å². The fraction of sp³-hybridized carbons (Fsp3) is 0.348. The molecule has 0 aliphatic carbocycles. The van der Waals surface area contributed by atoms with Crippen LogP contribution in [-0.2, 0) is 26.9 Å². The maximum atomic E-state index is 13.1. The van der Waals surface area contributed by atoms with E-state index in [1.807, 2.05) is 49.4 Å². The normalized spacial score (nSPS) is 11.9. The highest BCUT2D eigenvalue weighted by Gasteiger charge is 2.22. The van der Waals surface area contributed by atoms with Gasteiger partial charge in [0, 0.05) is 23.6 Å². The van der Waals surface area contributed by atoms with Crippen molar-refractivity contribution in [3.8, 4) is 0 Å². The highest BCUT2D eigenvalue weighted by Crippen LogP contribution is 2.28. The lowest BCUT2D eigenvalue weighted by Gasteiger charge is -2.08. The number of aromatic nitrogens is 1. The van der Waals surface area contributed by atoms with E-state index < -0.39 is 9.84 Å². The molecule has 3 rings (SSSR count). The van der Waals surface area contributed by atoms with Crippen LogP contribution in [0.4, 0.5) is 0 Å². The minimum absolute atomic E-state index is 0.0676. The second-order valence-corrected chi connectivity index (χ2v) is 9.87. The van der Waals surface area contributed by atoms with Gasteiger partial charge in [-0.25, -0.2) is 8.42 Å². The van der Waals surface area contributed by atoms with Crippen molar-refractivity contribution in [2.24, 2.45) is 5.92 Å². The van der Waals surface area contributed by atoms with Gasteiger partial charge in [-0.1, -0.05) is 61.9 Å². The molecule has 0 saturated heterocycles. The van der Waals surface area contributed by atoms with E-state index in [0.29, 0.717) is 17.8 Å². The number of hydrogen-bond acceptors (Lipinski definition) is 3. The first-order valence-corrected chi connectivity index (χ1v) is 11.5. The Labute approximate surface area is 172 Å². The second kappa shape index (κ2) is 8.82. The molecular formula is C23H28N2O3S. The standard InChI is InChI=1S/C23H28N2O3S/c1-17(2)12-13-24-23(26)15-25-14-22(20-6-4-5-7-21(20)25)29(27,28)16-19-10-8-18(3)9-11-19/h4-11,14,17H,12-13,15-16H2,1-3H3,(H,24,26). The molecule has 1 N–H and O–H groups in total. The highest BCUT2D eigenvalue weighted by molar-refractivity contribution is 7.90. The van der Waals surface area contributed by atoms with Gasteiger partial charge in [-0.2, -0.15) is 0 Å². The Balaban J connectivity index is 1.87. The number of benzene rings is 2. The molecule has 6 heteroatoms. The van der Waals surface area contributed by atoms with E-state index in [4.69, 9.17) is 0 Å². The Kier molecular flexibility index (Phi) is 6.42. The summed E-state index contributed by atoms with van der Waals surface area (Å²) in [6.07, 6.45) is 2.50. The van der Waals surface area contributed by atoms with Gasteiger partial charge in [0.15, 0.2) is 9.84 Å². The molecule has 1 heterocycles. The predicted molar refractivity (Wildman–Crippen MR) is 116 cm³/mol. The van der Waals surface area contributed by atoms with Gasteiger partial charge < -0.3 is 9.88 Å². The maximum Gasteiger partial charge on any atom is 0.239 e. The number of nitrogens with one attached hydrogen (secondary N) is 1. The summed E-state index contributed by atoms with van der Waals surface area (Å²) in [7, 11) is -3.55. The highest BCUT2D eigenvalue weighted by atomic mass is 32.2. The molecule has 0 atom stereocenters. The molecule has 0 bridgehead atoms. The van der Waals surface area contributed by atoms with E-state index in [9.17, 15) is 13.2 Å². The molecule has 0 fully saturated rings. The van der Waals surface area contributed by atoms with Gasteiger partial charge in [-0.15, -0.1) is 0 Å². The number of amides is 1.